The Bertz CT molecular complexity index is 865. The number of hydrogen-bond acceptors (Lipinski definition) is 5. The number of anilines is 1. The van der Waals surface area contributed by atoms with Gasteiger partial charge in [0.1, 0.15) is 12.4 Å². The van der Waals surface area contributed by atoms with Crippen molar-refractivity contribution in [2.24, 2.45) is 5.73 Å². The Morgan fingerprint density at radius 2 is 1.88 bits per heavy atom. The highest BCUT2D eigenvalue weighted by atomic mass is 32.2. The summed E-state index contributed by atoms with van der Waals surface area (Å²) < 4.78 is 38.0. The smallest absolute Gasteiger partial charge is 0.261 e. The van der Waals surface area contributed by atoms with Gasteiger partial charge in [0.25, 0.3) is 15.9 Å². The number of primary amides is 1. The van der Waals surface area contributed by atoms with Crippen LogP contribution in [0.15, 0.2) is 47.4 Å². The minimum absolute atomic E-state index is 0.0587. The van der Waals surface area contributed by atoms with Gasteiger partial charge < -0.3 is 15.2 Å². The first kappa shape index (κ1) is 18.8. The van der Waals surface area contributed by atoms with Crippen molar-refractivity contribution in [2.45, 2.75) is 11.8 Å². The molecule has 0 radical (unpaired) electrons. The molecule has 8 heteroatoms. The average molecular weight is 364 g/mol. The zero-order valence-electron chi connectivity index (χ0n) is 14.0. The summed E-state index contributed by atoms with van der Waals surface area (Å²) in [5.74, 6) is -0.134. The second-order valence-corrected chi connectivity index (χ2v) is 6.97. The van der Waals surface area contributed by atoms with E-state index >= 15 is 0 Å². The van der Waals surface area contributed by atoms with E-state index in [1.165, 1.54) is 24.3 Å². The first-order chi connectivity index (χ1) is 11.8. The van der Waals surface area contributed by atoms with E-state index in [9.17, 15) is 13.2 Å². The zero-order chi connectivity index (χ0) is 18.4. The lowest BCUT2D eigenvalue weighted by Gasteiger charge is -2.13. The highest BCUT2D eigenvalue weighted by molar-refractivity contribution is 7.92. The van der Waals surface area contributed by atoms with E-state index in [0.717, 1.165) is 0 Å². The van der Waals surface area contributed by atoms with Gasteiger partial charge in [0.15, 0.2) is 0 Å². The van der Waals surface area contributed by atoms with Crippen LogP contribution in [0.1, 0.15) is 15.9 Å². The number of carbonyl (C=O) groups excluding carboxylic acids is 1. The molecule has 0 aromatic heterocycles. The van der Waals surface area contributed by atoms with Gasteiger partial charge in [-0.2, -0.15) is 0 Å². The maximum absolute atomic E-state index is 12.6. The molecule has 0 bridgehead atoms. The van der Waals surface area contributed by atoms with E-state index < -0.39 is 15.9 Å². The molecule has 2 rings (SSSR count). The molecule has 0 unspecified atom stereocenters. The Balaban J connectivity index is 2.26. The number of methoxy groups -OCH3 is 1. The van der Waals surface area contributed by atoms with Crippen molar-refractivity contribution in [3.63, 3.8) is 0 Å². The largest absolute Gasteiger partial charge is 0.491 e. The molecule has 134 valence electrons. The molecule has 0 fully saturated rings. The number of nitrogens with two attached hydrogens (primary N) is 1. The molecule has 0 saturated heterocycles. The number of para-hydroxylation sites is 1. The number of amides is 1. The SMILES string of the molecule is COCCOc1ccc(S(=O)(=O)Nc2ccccc2C(N)=O)cc1C. The molecule has 0 aliphatic rings. The highest BCUT2D eigenvalue weighted by Crippen LogP contribution is 2.24. The van der Waals surface area contributed by atoms with Crippen LogP contribution in [0.2, 0.25) is 0 Å². The maximum Gasteiger partial charge on any atom is 0.261 e. The number of benzene rings is 2. The summed E-state index contributed by atoms with van der Waals surface area (Å²) in [5, 5.41) is 0. The second-order valence-electron chi connectivity index (χ2n) is 5.28. The Morgan fingerprint density at radius 3 is 2.52 bits per heavy atom. The monoisotopic (exact) mass is 364 g/mol. The summed E-state index contributed by atoms with van der Waals surface area (Å²) in [7, 11) is -2.30. The molecule has 7 nitrogen and oxygen atoms in total. The molecule has 25 heavy (non-hydrogen) atoms. The van der Waals surface area contributed by atoms with Crippen LogP contribution in [-0.4, -0.2) is 34.6 Å². The van der Waals surface area contributed by atoms with Crippen molar-refractivity contribution in [2.75, 3.05) is 25.0 Å². The average Bonchev–Trinajstić information content (AvgIpc) is 2.56. The number of sulfonamides is 1. The molecule has 0 atom stereocenters. The molecule has 0 spiro atoms. The van der Waals surface area contributed by atoms with Crippen molar-refractivity contribution < 1.29 is 22.7 Å². The molecular formula is C17H20N2O5S. The molecule has 2 aromatic carbocycles. The molecule has 3 N–H and O–H groups in total. The topological polar surface area (TPSA) is 108 Å². The molecule has 1 amide bonds. The lowest BCUT2D eigenvalue weighted by atomic mass is 10.2. The highest BCUT2D eigenvalue weighted by Gasteiger charge is 2.18. The third-order valence-electron chi connectivity index (χ3n) is 3.44. The van der Waals surface area contributed by atoms with Gasteiger partial charge in [-0.1, -0.05) is 12.1 Å². The summed E-state index contributed by atoms with van der Waals surface area (Å²) in [6, 6.07) is 10.7. The Morgan fingerprint density at radius 1 is 1.16 bits per heavy atom. The Hall–Kier alpha value is -2.58. The predicted molar refractivity (Wildman–Crippen MR) is 94.3 cm³/mol. The van der Waals surface area contributed by atoms with Crippen LogP contribution in [-0.2, 0) is 14.8 Å². The van der Waals surface area contributed by atoms with Crippen LogP contribution in [0.4, 0.5) is 5.69 Å². The number of nitrogens with one attached hydrogen (secondary N) is 1. The van der Waals surface area contributed by atoms with Gasteiger partial charge in [-0.25, -0.2) is 8.42 Å². The second kappa shape index (κ2) is 8.00. The maximum atomic E-state index is 12.6. The quantitative estimate of drug-likeness (QED) is 0.696. The molecule has 0 aliphatic heterocycles. The van der Waals surface area contributed by atoms with Crippen molar-refractivity contribution >= 4 is 21.6 Å². The minimum atomic E-state index is -3.87. The standard InChI is InChI=1S/C17H20N2O5S/c1-12-11-13(7-8-16(12)24-10-9-23-2)25(21,22)19-15-6-4-3-5-14(15)17(18)20/h3-8,11,19H,9-10H2,1-2H3,(H2,18,20). The molecule has 2 aromatic rings. The third kappa shape index (κ3) is 4.71. The van der Waals surface area contributed by atoms with Crippen molar-refractivity contribution in [3.8, 4) is 5.75 Å². The van der Waals surface area contributed by atoms with E-state index in [4.69, 9.17) is 15.2 Å². The van der Waals surface area contributed by atoms with Crippen molar-refractivity contribution in [3.05, 3.63) is 53.6 Å². The molecule has 0 saturated carbocycles. The van der Waals surface area contributed by atoms with E-state index in [0.29, 0.717) is 24.5 Å². The van der Waals surface area contributed by atoms with Crippen LogP contribution < -0.4 is 15.2 Å². The van der Waals surface area contributed by atoms with Crippen LogP contribution >= 0.6 is 0 Å². The summed E-state index contributed by atoms with van der Waals surface area (Å²) in [5.41, 5.74) is 6.17. The summed E-state index contributed by atoms with van der Waals surface area (Å²) in [6.45, 7) is 2.55. The number of ether oxygens (including phenoxy) is 2. The van der Waals surface area contributed by atoms with Gasteiger partial charge in [-0.15, -0.1) is 0 Å². The van der Waals surface area contributed by atoms with E-state index in [2.05, 4.69) is 4.72 Å². The van der Waals surface area contributed by atoms with E-state index in [-0.39, 0.29) is 16.1 Å². The number of hydrogen-bond donors (Lipinski definition) is 2. The molecule has 0 heterocycles. The van der Waals surface area contributed by atoms with Gasteiger partial charge >= 0.3 is 0 Å². The first-order valence-electron chi connectivity index (χ1n) is 7.49. The fraction of sp³-hybridized carbons (Fsp3) is 0.235. The van der Waals surface area contributed by atoms with Gasteiger partial charge in [-0.05, 0) is 42.8 Å². The predicted octanol–water partition coefficient (Wildman–Crippen LogP) is 1.92. The van der Waals surface area contributed by atoms with E-state index in [1.54, 1.807) is 32.2 Å². The minimum Gasteiger partial charge on any atom is -0.491 e. The number of rotatable bonds is 8. The fourth-order valence-corrected chi connectivity index (χ4v) is 3.34. The van der Waals surface area contributed by atoms with Gasteiger partial charge in [-0.3, -0.25) is 9.52 Å². The van der Waals surface area contributed by atoms with Gasteiger partial charge in [0.05, 0.1) is 22.8 Å². The van der Waals surface area contributed by atoms with Crippen molar-refractivity contribution in [1.29, 1.82) is 0 Å². The van der Waals surface area contributed by atoms with Crippen LogP contribution in [0.25, 0.3) is 0 Å². The summed E-state index contributed by atoms with van der Waals surface area (Å²) in [6.07, 6.45) is 0. The molecule has 0 aliphatic carbocycles. The van der Waals surface area contributed by atoms with E-state index in [1.807, 2.05) is 0 Å². The third-order valence-corrected chi connectivity index (χ3v) is 4.80. The fourth-order valence-electron chi connectivity index (χ4n) is 2.18. The van der Waals surface area contributed by atoms with Gasteiger partial charge in [0, 0.05) is 7.11 Å². The number of carbonyl (C=O) groups is 1. The van der Waals surface area contributed by atoms with Crippen LogP contribution in [0.5, 0.6) is 5.75 Å². The first-order valence-corrected chi connectivity index (χ1v) is 8.97. The van der Waals surface area contributed by atoms with Gasteiger partial charge in [0.2, 0.25) is 0 Å². The summed E-state index contributed by atoms with van der Waals surface area (Å²) >= 11 is 0. The lowest BCUT2D eigenvalue weighted by Crippen LogP contribution is -2.18. The van der Waals surface area contributed by atoms with Crippen molar-refractivity contribution in [1.82, 2.24) is 0 Å². The van der Waals surface area contributed by atoms with Crippen LogP contribution in [0, 0.1) is 6.92 Å². The lowest BCUT2D eigenvalue weighted by molar-refractivity contribution is 0.100. The summed E-state index contributed by atoms with van der Waals surface area (Å²) in [4.78, 5) is 11.5. The Labute approximate surface area is 146 Å². The molecular weight excluding hydrogens is 344 g/mol. The number of aryl methyl sites for hydroxylation is 1. The Kier molecular flexibility index (Phi) is 6.00. The van der Waals surface area contributed by atoms with Crippen LogP contribution in [0.3, 0.4) is 0 Å². The zero-order valence-corrected chi connectivity index (χ0v) is 14.8. The normalized spacial score (nSPS) is 11.1.